The average molecular weight is 456 g/mol. The van der Waals surface area contributed by atoms with E-state index < -0.39 is 0 Å². The van der Waals surface area contributed by atoms with Crippen molar-refractivity contribution < 1.29 is 0 Å². The molecule has 0 amide bonds. The first kappa shape index (κ1) is 20.7. The van der Waals surface area contributed by atoms with Crippen LogP contribution in [0.3, 0.4) is 0 Å². The first-order valence-corrected chi connectivity index (χ1v) is 12.4. The van der Waals surface area contributed by atoms with E-state index in [9.17, 15) is 0 Å². The van der Waals surface area contributed by atoms with Gasteiger partial charge in [0, 0.05) is 37.2 Å². The van der Waals surface area contributed by atoms with Crippen molar-refractivity contribution in [1.82, 2.24) is 0 Å². The van der Waals surface area contributed by atoms with Crippen LogP contribution < -0.4 is 4.90 Å². The Hall–Kier alpha value is -3.88. The van der Waals surface area contributed by atoms with Crippen LogP contribution in [0.25, 0.3) is 31.3 Å². The van der Waals surface area contributed by atoms with Gasteiger partial charge in [0.2, 0.25) is 0 Å². The van der Waals surface area contributed by atoms with Crippen molar-refractivity contribution in [1.29, 1.82) is 0 Å². The van der Waals surface area contributed by atoms with Gasteiger partial charge in [-0.2, -0.15) is 0 Å². The van der Waals surface area contributed by atoms with E-state index in [1.54, 1.807) is 0 Å². The Kier molecular flexibility index (Phi) is 5.16. The number of fused-ring (bicyclic) bond motifs is 3. The molecular weight excluding hydrogens is 430 g/mol. The van der Waals surface area contributed by atoms with Crippen LogP contribution in [0, 0.1) is 13.8 Å². The smallest absolute Gasteiger partial charge is 0.0476 e. The maximum absolute atomic E-state index is 2.35. The predicted octanol–water partition coefficient (Wildman–Crippen LogP) is 9.81. The molecule has 0 N–H and O–H groups in total. The van der Waals surface area contributed by atoms with Gasteiger partial charge in [0.05, 0.1) is 0 Å². The first-order valence-electron chi connectivity index (χ1n) is 11.6. The van der Waals surface area contributed by atoms with Crippen molar-refractivity contribution in [2.24, 2.45) is 0 Å². The molecule has 1 heterocycles. The van der Waals surface area contributed by atoms with Crippen molar-refractivity contribution in [3.8, 4) is 11.1 Å². The summed E-state index contributed by atoms with van der Waals surface area (Å²) in [6.07, 6.45) is 0. The van der Waals surface area contributed by atoms with E-state index in [0.29, 0.717) is 0 Å². The highest BCUT2D eigenvalue weighted by atomic mass is 32.1. The largest absolute Gasteiger partial charge is 0.310 e. The Morgan fingerprint density at radius 1 is 0.471 bits per heavy atom. The molecule has 0 radical (unpaired) electrons. The molecule has 0 aliphatic heterocycles. The third-order valence-electron chi connectivity index (χ3n) is 6.41. The summed E-state index contributed by atoms with van der Waals surface area (Å²) in [6.45, 7) is 4.26. The molecular formula is C32H25NS. The van der Waals surface area contributed by atoms with Gasteiger partial charge in [-0.15, -0.1) is 11.3 Å². The van der Waals surface area contributed by atoms with E-state index in [2.05, 4.69) is 134 Å². The molecule has 34 heavy (non-hydrogen) atoms. The average Bonchev–Trinajstić information content (AvgIpc) is 3.24. The van der Waals surface area contributed by atoms with Gasteiger partial charge >= 0.3 is 0 Å². The lowest BCUT2D eigenvalue weighted by atomic mass is 10.0. The van der Waals surface area contributed by atoms with Crippen LogP contribution in [-0.4, -0.2) is 0 Å². The number of benzene rings is 5. The zero-order chi connectivity index (χ0) is 23.1. The zero-order valence-corrected chi connectivity index (χ0v) is 20.1. The Morgan fingerprint density at radius 3 is 1.62 bits per heavy atom. The van der Waals surface area contributed by atoms with Gasteiger partial charge in [0.15, 0.2) is 0 Å². The maximum Gasteiger partial charge on any atom is 0.0476 e. The second-order valence-corrected chi connectivity index (χ2v) is 9.95. The summed E-state index contributed by atoms with van der Waals surface area (Å²) in [5.74, 6) is 0. The Bertz CT molecular complexity index is 1550. The summed E-state index contributed by atoms with van der Waals surface area (Å²) in [4.78, 5) is 2.35. The van der Waals surface area contributed by atoms with Crippen LogP contribution in [0.5, 0.6) is 0 Å². The minimum absolute atomic E-state index is 1.17. The van der Waals surface area contributed by atoms with Crippen LogP contribution in [-0.2, 0) is 0 Å². The lowest BCUT2D eigenvalue weighted by Gasteiger charge is -2.25. The first-order chi connectivity index (χ1) is 16.7. The van der Waals surface area contributed by atoms with Crippen molar-refractivity contribution in [2.75, 3.05) is 4.90 Å². The van der Waals surface area contributed by atoms with Gasteiger partial charge in [0.25, 0.3) is 0 Å². The van der Waals surface area contributed by atoms with Gasteiger partial charge in [-0.3, -0.25) is 0 Å². The SMILES string of the molecule is Cc1ccc(N(c2ccc(C)cc2)c2ccc3c(c2)sc2cc(-c4ccccc4)ccc23)cc1. The van der Waals surface area contributed by atoms with Gasteiger partial charge in [0.1, 0.15) is 0 Å². The molecule has 1 aromatic heterocycles. The minimum atomic E-state index is 1.17. The molecule has 0 bridgehead atoms. The topological polar surface area (TPSA) is 3.24 Å². The third-order valence-corrected chi connectivity index (χ3v) is 7.52. The molecule has 164 valence electrons. The fourth-order valence-electron chi connectivity index (χ4n) is 4.55. The number of hydrogen-bond acceptors (Lipinski definition) is 2. The maximum atomic E-state index is 2.35. The standard InChI is InChI=1S/C32H25NS/c1-22-8-13-26(14-9-22)33(27-15-10-23(2)11-16-27)28-17-19-30-29-18-12-25(24-6-4-3-5-7-24)20-31(29)34-32(30)21-28/h3-21H,1-2H3. The van der Waals surface area contributed by atoms with Gasteiger partial charge in [-0.05, 0) is 67.4 Å². The van der Waals surface area contributed by atoms with Gasteiger partial charge in [-0.25, -0.2) is 0 Å². The molecule has 1 nitrogen and oxygen atoms in total. The fraction of sp³-hybridized carbons (Fsp3) is 0.0625. The van der Waals surface area contributed by atoms with Crippen LogP contribution >= 0.6 is 11.3 Å². The summed E-state index contributed by atoms with van der Waals surface area (Å²) in [5.41, 5.74) is 8.56. The molecule has 5 aromatic carbocycles. The van der Waals surface area contributed by atoms with Gasteiger partial charge in [-0.1, -0.05) is 83.9 Å². The Labute approximate surface area is 204 Å². The molecule has 6 rings (SSSR count). The summed E-state index contributed by atoms with van der Waals surface area (Å²) < 4.78 is 2.63. The van der Waals surface area contributed by atoms with Crippen molar-refractivity contribution in [3.05, 3.63) is 126 Å². The van der Waals surface area contributed by atoms with Crippen LogP contribution in [0.2, 0.25) is 0 Å². The van der Waals surface area contributed by atoms with E-state index in [4.69, 9.17) is 0 Å². The van der Waals surface area contributed by atoms with E-state index in [-0.39, 0.29) is 0 Å². The molecule has 0 spiro atoms. The third kappa shape index (κ3) is 3.76. The van der Waals surface area contributed by atoms with Crippen molar-refractivity contribution in [2.45, 2.75) is 13.8 Å². The highest BCUT2D eigenvalue weighted by Crippen LogP contribution is 2.41. The number of anilines is 3. The van der Waals surface area contributed by atoms with Crippen LogP contribution in [0.15, 0.2) is 115 Å². The van der Waals surface area contributed by atoms with Crippen molar-refractivity contribution >= 4 is 48.6 Å². The Morgan fingerprint density at radius 2 is 1.00 bits per heavy atom. The lowest BCUT2D eigenvalue weighted by Crippen LogP contribution is -2.09. The van der Waals surface area contributed by atoms with Crippen molar-refractivity contribution in [3.63, 3.8) is 0 Å². The lowest BCUT2D eigenvalue weighted by molar-refractivity contribution is 1.27. The normalized spacial score (nSPS) is 11.2. The monoisotopic (exact) mass is 455 g/mol. The Balaban J connectivity index is 1.49. The molecule has 0 saturated carbocycles. The highest BCUT2D eigenvalue weighted by Gasteiger charge is 2.15. The van der Waals surface area contributed by atoms with E-state index in [0.717, 1.165) is 0 Å². The molecule has 0 aliphatic rings. The summed E-state index contributed by atoms with van der Waals surface area (Å²) in [5, 5.41) is 2.64. The molecule has 0 fully saturated rings. The molecule has 0 saturated heterocycles. The molecule has 6 aromatic rings. The molecule has 2 heteroatoms. The van der Waals surface area contributed by atoms with Gasteiger partial charge < -0.3 is 4.90 Å². The molecule has 0 aliphatic carbocycles. The zero-order valence-electron chi connectivity index (χ0n) is 19.3. The minimum Gasteiger partial charge on any atom is -0.310 e. The number of hydrogen-bond donors (Lipinski definition) is 0. The molecule has 0 unspecified atom stereocenters. The van der Waals surface area contributed by atoms with E-state index >= 15 is 0 Å². The second kappa shape index (κ2) is 8.48. The molecule has 0 atom stereocenters. The predicted molar refractivity (Wildman–Crippen MR) is 149 cm³/mol. The summed E-state index contributed by atoms with van der Waals surface area (Å²) in [7, 11) is 0. The van der Waals surface area contributed by atoms with Crippen LogP contribution in [0.1, 0.15) is 11.1 Å². The van der Waals surface area contributed by atoms with E-state index in [1.807, 2.05) is 11.3 Å². The summed E-state index contributed by atoms with van der Waals surface area (Å²) >= 11 is 1.87. The quantitative estimate of drug-likeness (QED) is 0.256. The highest BCUT2D eigenvalue weighted by molar-refractivity contribution is 7.25. The van der Waals surface area contributed by atoms with E-state index in [1.165, 1.54) is 59.5 Å². The second-order valence-electron chi connectivity index (χ2n) is 8.87. The number of rotatable bonds is 4. The number of aryl methyl sites for hydroxylation is 2. The van der Waals surface area contributed by atoms with Crippen LogP contribution in [0.4, 0.5) is 17.1 Å². The summed E-state index contributed by atoms with van der Waals surface area (Å²) in [6, 6.07) is 41.9. The number of thiophene rings is 1. The fourth-order valence-corrected chi connectivity index (χ4v) is 5.73. The number of nitrogens with zero attached hydrogens (tertiary/aromatic N) is 1.